The van der Waals surface area contributed by atoms with E-state index in [1.165, 1.54) is 33.7 Å². The van der Waals surface area contributed by atoms with Crippen LogP contribution in [-0.4, -0.2) is 14.2 Å². The van der Waals surface area contributed by atoms with Crippen LogP contribution in [0, 0.1) is 5.92 Å². The van der Waals surface area contributed by atoms with E-state index < -0.39 is 5.41 Å². The van der Waals surface area contributed by atoms with Crippen LogP contribution in [0.5, 0.6) is 11.5 Å². The summed E-state index contributed by atoms with van der Waals surface area (Å²) in [6, 6.07) is 57.9. The van der Waals surface area contributed by atoms with Gasteiger partial charge in [-0.1, -0.05) is 140 Å². The molecule has 0 amide bonds. The summed E-state index contributed by atoms with van der Waals surface area (Å²) >= 11 is 0. The summed E-state index contributed by atoms with van der Waals surface area (Å²) in [6.07, 6.45) is 0. The van der Waals surface area contributed by atoms with E-state index in [2.05, 4.69) is 140 Å². The predicted octanol–water partition coefficient (Wildman–Crippen LogP) is 9.11. The van der Waals surface area contributed by atoms with Gasteiger partial charge in [-0.15, -0.1) is 0 Å². The lowest BCUT2D eigenvalue weighted by Gasteiger charge is -2.37. The van der Waals surface area contributed by atoms with E-state index in [4.69, 9.17) is 9.47 Å². The molecule has 0 heterocycles. The van der Waals surface area contributed by atoms with Crippen LogP contribution in [0.3, 0.4) is 0 Å². The molecule has 0 aromatic heterocycles. The third-order valence-electron chi connectivity index (χ3n) is 7.98. The highest BCUT2D eigenvalue weighted by atomic mass is 16.5. The van der Waals surface area contributed by atoms with Crippen molar-refractivity contribution in [2.75, 3.05) is 14.2 Å². The minimum Gasteiger partial charge on any atom is -0.497 e. The Kier molecular flexibility index (Phi) is 7.87. The maximum absolute atomic E-state index is 5.54. The van der Waals surface area contributed by atoms with Gasteiger partial charge < -0.3 is 9.47 Å². The van der Waals surface area contributed by atoms with Gasteiger partial charge >= 0.3 is 0 Å². The molecule has 2 heteroatoms. The van der Waals surface area contributed by atoms with Gasteiger partial charge in [-0.2, -0.15) is 0 Å². The maximum atomic E-state index is 5.54. The molecule has 0 bridgehead atoms. The van der Waals surface area contributed by atoms with Crippen LogP contribution in [0.25, 0.3) is 0 Å². The molecule has 0 atom stereocenters. The van der Waals surface area contributed by atoms with E-state index in [9.17, 15) is 0 Å². The Hall–Kier alpha value is -5.08. The van der Waals surface area contributed by atoms with Crippen LogP contribution in [0.1, 0.15) is 38.9 Å². The molecule has 0 saturated carbocycles. The van der Waals surface area contributed by atoms with Crippen molar-refractivity contribution in [1.82, 2.24) is 0 Å². The van der Waals surface area contributed by atoms with Crippen LogP contribution in [0.4, 0.5) is 0 Å². The van der Waals surface area contributed by atoms with Crippen molar-refractivity contribution in [2.24, 2.45) is 0 Å². The monoisotopic (exact) mass is 545 g/mol. The van der Waals surface area contributed by atoms with Crippen LogP contribution in [0.15, 0.2) is 164 Å². The minimum atomic E-state index is -0.571. The molecule has 0 fully saturated rings. The molecule has 6 rings (SSSR count). The summed E-state index contributed by atoms with van der Waals surface area (Å²) in [5.74, 6) is 2.87. The van der Waals surface area contributed by atoms with E-state index in [-0.39, 0.29) is 0 Å². The minimum absolute atomic E-state index is 0.571. The van der Waals surface area contributed by atoms with Gasteiger partial charge in [-0.25, -0.2) is 0 Å². The first kappa shape index (κ1) is 27.1. The van der Waals surface area contributed by atoms with E-state index in [0.717, 1.165) is 22.6 Å². The molecule has 2 nitrogen and oxygen atoms in total. The van der Waals surface area contributed by atoms with Gasteiger partial charge in [0.1, 0.15) is 11.5 Å². The van der Waals surface area contributed by atoms with Crippen molar-refractivity contribution in [3.05, 3.63) is 209 Å². The van der Waals surface area contributed by atoms with Crippen LogP contribution in [-0.2, 0) is 5.41 Å². The van der Waals surface area contributed by atoms with Gasteiger partial charge in [0.25, 0.3) is 0 Å². The summed E-state index contributed by atoms with van der Waals surface area (Å²) in [5.41, 5.74) is 7.65. The van der Waals surface area contributed by atoms with Gasteiger partial charge in [0.05, 0.1) is 25.6 Å². The molecule has 42 heavy (non-hydrogen) atoms. The highest BCUT2D eigenvalue weighted by Gasteiger charge is 2.38. The molecule has 0 spiro atoms. The van der Waals surface area contributed by atoms with Crippen molar-refractivity contribution in [3.8, 4) is 11.5 Å². The molecule has 0 unspecified atom stereocenters. The number of rotatable bonds is 9. The Labute approximate surface area is 248 Å². The van der Waals surface area contributed by atoms with Gasteiger partial charge in [0.2, 0.25) is 0 Å². The van der Waals surface area contributed by atoms with Gasteiger partial charge in [0, 0.05) is 0 Å². The zero-order valence-electron chi connectivity index (χ0n) is 23.9. The first-order chi connectivity index (χ1) is 20.7. The standard InChI is InChI=1S/C40H33O2/c1-41-37-26-22-35(23-27-37)40(33-16-10-5-11-17-33,36-24-28-38(42-2)29-25-36)34-20-18-32(19-21-34)39(30-12-6-3-7-13-30)31-14-8-4-9-15-31/h3-29H,1-2H3. The molecule has 0 aliphatic carbocycles. The van der Waals surface area contributed by atoms with Crippen LogP contribution >= 0.6 is 0 Å². The number of benzene rings is 6. The SMILES string of the molecule is COc1ccc(C(c2ccccc2)(c2ccc(OC)cc2)c2ccc([C](c3ccccc3)c3ccccc3)cc2)cc1. The maximum Gasteiger partial charge on any atom is 0.118 e. The van der Waals surface area contributed by atoms with Gasteiger partial charge in [0.15, 0.2) is 0 Å². The van der Waals surface area contributed by atoms with Gasteiger partial charge in [-0.3, -0.25) is 0 Å². The summed E-state index contributed by atoms with van der Waals surface area (Å²) in [4.78, 5) is 0. The fourth-order valence-corrected chi connectivity index (χ4v) is 5.97. The second-order valence-corrected chi connectivity index (χ2v) is 10.3. The predicted molar refractivity (Wildman–Crippen MR) is 171 cm³/mol. The summed E-state index contributed by atoms with van der Waals surface area (Å²) < 4.78 is 11.1. The third kappa shape index (κ3) is 5.08. The zero-order chi connectivity index (χ0) is 28.8. The molecule has 205 valence electrons. The quantitative estimate of drug-likeness (QED) is 0.169. The Morgan fingerprint density at radius 3 is 1.05 bits per heavy atom. The molecule has 0 N–H and O–H groups in total. The van der Waals surface area contributed by atoms with Crippen molar-refractivity contribution in [1.29, 1.82) is 0 Å². The third-order valence-corrected chi connectivity index (χ3v) is 7.98. The van der Waals surface area contributed by atoms with Crippen molar-refractivity contribution in [2.45, 2.75) is 5.41 Å². The number of methoxy groups -OCH3 is 2. The second kappa shape index (κ2) is 12.2. The Balaban J connectivity index is 1.57. The lowest BCUT2D eigenvalue weighted by molar-refractivity contribution is 0.414. The van der Waals surface area contributed by atoms with Gasteiger partial charge in [-0.05, 0) is 63.2 Å². The van der Waals surface area contributed by atoms with Crippen molar-refractivity contribution < 1.29 is 9.47 Å². The Bertz CT molecular complexity index is 1600. The van der Waals surface area contributed by atoms with E-state index >= 15 is 0 Å². The molecule has 1 radical (unpaired) electrons. The second-order valence-electron chi connectivity index (χ2n) is 10.3. The molecular formula is C40H33O2. The molecule has 6 aromatic rings. The normalized spacial score (nSPS) is 11.3. The topological polar surface area (TPSA) is 18.5 Å². The molecule has 0 aliphatic rings. The van der Waals surface area contributed by atoms with E-state index in [0.29, 0.717) is 0 Å². The molecule has 0 aliphatic heterocycles. The van der Waals surface area contributed by atoms with Crippen molar-refractivity contribution >= 4 is 0 Å². The largest absolute Gasteiger partial charge is 0.497 e. The highest BCUT2D eigenvalue weighted by Crippen LogP contribution is 2.46. The number of ether oxygens (including phenoxy) is 2. The average molecular weight is 546 g/mol. The van der Waals surface area contributed by atoms with Crippen LogP contribution < -0.4 is 9.47 Å². The Morgan fingerprint density at radius 2 is 0.667 bits per heavy atom. The zero-order valence-corrected chi connectivity index (χ0v) is 23.9. The smallest absolute Gasteiger partial charge is 0.118 e. The van der Waals surface area contributed by atoms with E-state index in [1.54, 1.807) is 14.2 Å². The fourth-order valence-electron chi connectivity index (χ4n) is 5.97. The molecule has 0 saturated heterocycles. The first-order valence-corrected chi connectivity index (χ1v) is 14.2. The van der Waals surface area contributed by atoms with Crippen molar-refractivity contribution in [3.63, 3.8) is 0 Å². The van der Waals surface area contributed by atoms with E-state index in [1.807, 2.05) is 24.3 Å². The fraction of sp³-hybridized carbons (Fsp3) is 0.0750. The lowest BCUT2D eigenvalue weighted by Crippen LogP contribution is -2.31. The number of hydrogen-bond acceptors (Lipinski definition) is 2. The molecule has 6 aromatic carbocycles. The summed E-state index contributed by atoms with van der Waals surface area (Å²) in [6.45, 7) is 0. The first-order valence-electron chi connectivity index (χ1n) is 14.2. The summed E-state index contributed by atoms with van der Waals surface area (Å²) in [5, 5.41) is 0. The number of hydrogen-bond donors (Lipinski definition) is 0. The molecular weight excluding hydrogens is 512 g/mol. The summed E-state index contributed by atoms with van der Waals surface area (Å²) in [7, 11) is 3.41. The Morgan fingerprint density at radius 1 is 0.357 bits per heavy atom. The average Bonchev–Trinajstić information content (AvgIpc) is 3.08. The lowest BCUT2D eigenvalue weighted by atomic mass is 9.65. The van der Waals surface area contributed by atoms with Crippen LogP contribution in [0.2, 0.25) is 0 Å². The highest BCUT2D eigenvalue weighted by molar-refractivity contribution is 5.63.